The van der Waals surface area contributed by atoms with Crippen LogP contribution in [0.3, 0.4) is 0 Å². The first kappa shape index (κ1) is 14.3. The van der Waals surface area contributed by atoms with Gasteiger partial charge in [-0.1, -0.05) is 0 Å². The van der Waals surface area contributed by atoms with Gasteiger partial charge in [-0.2, -0.15) is 0 Å². The molecule has 2 rings (SSSR count). The van der Waals surface area contributed by atoms with Crippen LogP contribution in [0.4, 0.5) is 11.4 Å². The van der Waals surface area contributed by atoms with Crippen molar-refractivity contribution in [2.45, 2.75) is 25.5 Å². The first-order valence-corrected chi connectivity index (χ1v) is 6.41. The highest BCUT2D eigenvalue weighted by Gasteiger charge is 2.26. The summed E-state index contributed by atoms with van der Waals surface area (Å²) in [4.78, 5) is 22.6. The predicted octanol–water partition coefficient (Wildman–Crippen LogP) is 1.54. The molecule has 0 aliphatic carbocycles. The lowest BCUT2D eigenvalue weighted by Crippen LogP contribution is -2.39. The van der Waals surface area contributed by atoms with Gasteiger partial charge in [0.25, 0.3) is 11.6 Å². The molecule has 1 heterocycles. The monoisotopic (exact) mass is 279 g/mol. The molecule has 1 aliphatic heterocycles. The summed E-state index contributed by atoms with van der Waals surface area (Å²) < 4.78 is 5.37. The number of nitrogens with zero attached hydrogens (tertiary/aromatic N) is 1. The Morgan fingerprint density at radius 1 is 1.50 bits per heavy atom. The van der Waals surface area contributed by atoms with Crippen LogP contribution < -0.4 is 10.6 Å². The molecule has 2 atom stereocenters. The van der Waals surface area contributed by atoms with Gasteiger partial charge in [-0.05, 0) is 25.5 Å². The minimum atomic E-state index is -0.510. The van der Waals surface area contributed by atoms with Gasteiger partial charge in [0.05, 0.1) is 17.1 Å². The van der Waals surface area contributed by atoms with Crippen molar-refractivity contribution in [3.8, 4) is 0 Å². The third kappa shape index (κ3) is 2.88. The number of anilines is 1. The van der Waals surface area contributed by atoms with Crippen molar-refractivity contribution in [1.29, 1.82) is 0 Å². The van der Waals surface area contributed by atoms with Gasteiger partial charge < -0.3 is 15.4 Å². The van der Waals surface area contributed by atoms with Crippen molar-refractivity contribution in [3.05, 3.63) is 33.9 Å². The number of hydrogen-bond acceptors (Lipinski definition) is 5. The summed E-state index contributed by atoms with van der Waals surface area (Å²) in [5.41, 5.74) is 0.537. The molecule has 7 nitrogen and oxygen atoms in total. The van der Waals surface area contributed by atoms with E-state index >= 15 is 0 Å². The van der Waals surface area contributed by atoms with Gasteiger partial charge in [-0.15, -0.1) is 0 Å². The summed E-state index contributed by atoms with van der Waals surface area (Å²) in [6.45, 7) is 2.51. The summed E-state index contributed by atoms with van der Waals surface area (Å²) in [5, 5.41) is 16.5. The molecule has 0 bridgehead atoms. The number of benzene rings is 1. The van der Waals surface area contributed by atoms with Crippen LogP contribution in [-0.4, -0.2) is 36.6 Å². The van der Waals surface area contributed by atoms with Gasteiger partial charge >= 0.3 is 0 Å². The zero-order valence-corrected chi connectivity index (χ0v) is 11.4. The zero-order valence-electron chi connectivity index (χ0n) is 11.4. The number of nitro benzene ring substituents is 1. The van der Waals surface area contributed by atoms with Crippen LogP contribution in [0.25, 0.3) is 0 Å². The fourth-order valence-corrected chi connectivity index (χ4v) is 2.21. The molecule has 108 valence electrons. The van der Waals surface area contributed by atoms with E-state index in [1.54, 1.807) is 13.1 Å². The number of carbonyl (C=O) groups is 1. The standard InChI is InChI=1S/C13H17N3O4/c1-8-10(5-6-20-8)15-13(17)9-3-4-11(14-2)12(7-9)16(18)19/h3-4,7-8,10,14H,5-6H2,1-2H3,(H,15,17). The van der Waals surface area contributed by atoms with E-state index in [4.69, 9.17) is 4.74 Å². The van der Waals surface area contributed by atoms with Crippen molar-refractivity contribution < 1.29 is 14.5 Å². The average molecular weight is 279 g/mol. The molecule has 0 radical (unpaired) electrons. The summed E-state index contributed by atoms with van der Waals surface area (Å²) >= 11 is 0. The normalized spacial score (nSPS) is 21.5. The predicted molar refractivity (Wildman–Crippen MR) is 73.9 cm³/mol. The molecule has 2 N–H and O–H groups in total. The first-order valence-electron chi connectivity index (χ1n) is 6.41. The van der Waals surface area contributed by atoms with Gasteiger partial charge in [0.2, 0.25) is 0 Å². The molecule has 1 amide bonds. The Kier molecular flexibility index (Phi) is 4.19. The third-order valence-corrected chi connectivity index (χ3v) is 3.42. The Balaban J connectivity index is 2.17. The first-order chi connectivity index (χ1) is 9.52. The van der Waals surface area contributed by atoms with Crippen LogP contribution in [0.15, 0.2) is 18.2 Å². The van der Waals surface area contributed by atoms with E-state index in [0.717, 1.165) is 6.42 Å². The molecule has 1 aliphatic rings. The molecule has 1 fully saturated rings. The van der Waals surface area contributed by atoms with Gasteiger partial charge in [-0.25, -0.2) is 0 Å². The molecular formula is C13H17N3O4. The smallest absolute Gasteiger partial charge is 0.293 e. The van der Waals surface area contributed by atoms with Crippen LogP contribution in [0, 0.1) is 10.1 Å². The molecule has 7 heteroatoms. The van der Waals surface area contributed by atoms with Crippen molar-refractivity contribution in [3.63, 3.8) is 0 Å². The minimum absolute atomic E-state index is 0.0366. The number of amides is 1. The van der Waals surface area contributed by atoms with Crippen molar-refractivity contribution in [1.82, 2.24) is 5.32 Å². The number of nitro groups is 1. The number of ether oxygens (including phenoxy) is 1. The SMILES string of the molecule is CNc1ccc(C(=O)NC2CCOC2C)cc1[N+](=O)[O-]. The second-order valence-electron chi connectivity index (χ2n) is 4.68. The second kappa shape index (κ2) is 5.87. The fourth-order valence-electron chi connectivity index (χ4n) is 2.21. The van der Waals surface area contributed by atoms with Crippen molar-refractivity contribution in [2.75, 3.05) is 19.0 Å². The van der Waals surface area contributed by atoms with E-state index in [2.05, 4.69) is 10.6 Å². The van der Waals surface area contributed by atoms with Crippen molar-refractivity contribution in [2.24, 2.45) is 0 Å². The molecule has 1 aromatic carbocycles. The Morgan fingerprint density at radius 3 is 2.80 bits per heavy atom. The molecule has 2 unspecified atom stereocenters. The van der Waals surface area contributed by atoms with Crippen LogP contribution in [0.5, 0.6) is 0 Å². The van der Waals surface area contributed by atoms with Crippen LogP contribution >= 0.6 is 0 Å². The highest BCUT2D eigenvalue weighted by atomic mass is 16.6. The molecule has 1 aromatic rings. The average Bonchev–Trinajstić information content (AvgIpc) is 2.83. The van der Waals surface area contributed by atoms with Gasteiger partial charge in [0, 0.05) is 25.3 Å². The van der Waals surface area contributed by atoms with E-state index in [1.807, 2.05) is 6.92 Å². The number of carbonyl (C=O) groups excluding carboxylic acids is 1. The Bertz CT molecular complexity index is 532. The lowest BCUT2D eigenvalue weighted by atomic mass is 10.1. The topological polar surface area (TPSA) is 93.5 Å². The summed E-state index contributed by atoms with van der Waals surface area (Å²) in [7, 11) is 1.60. The Morgan fingerprint density at radius 2 is 2.25 bits per heavy atom. The lowest BCUT2D eigenvalue weighted by molar-refractivity contribution is -0.384. The van der Waals surface area contributed by atoms with Gasteiger partial charge in [0.15, 0.2) is 0 Å². The highest BCUT2D eigenvalue weighted by molar-refractivity contribution is 5.96. The maximum atomic E-state index is 12.1. The van der Waals surface area contributed by atoms with E-state index in [1.165, 1.54) is 12.1 Å². The molecular weight excluding hydrogens is 262 g/mol. The van der Waals surface area contributed by atoms with E-state index in [9.17, 15) is 14.9 Å². The lowest BCUT2D eigenvalue weighted by Gasteiger charge is -2.16. The van der Waals surface area contributed by atoms with Crippen LogP contribution in [0.2, 0.25) is 0 Å². The highest BCUT2D eigenvalue weighted by Crippen LogP contribution is 2.25. The number of nitrogens with one attached hydrogen (secondary N) is 2. The molecule has 0 spiro atoms. The number of rotatable bonds is 4. The molecule has 0 aromatic heterocycles. The van der Waals surface area contributed by atoms with Crippen molar-refractivity contribution >= 4 is 17.3 Å². The fraction of sp³-hybridized carbons (Fsp3) is 0.462. The third-order valence-electron chi connectivity index (χ3n) is 3.42. The zero-order chi connectivity index (χ0) is 14.7. The molecule has 1 saturated heterocycles. The maximum absolute atomic E-state index is 12.1. The summed E-state index contributed by atoms with van der Waals surface area (Å²) in [5.74, 6) is -0.321. The van der Waals surface area contributed by atoms with Crippen LogP contribution in [-0.2, 0) is 4.74 Å². The quantitative estimate of drug-likeness (QED) is 0.644. The summed E-state index contributed by atoms with van der Waals surface area (Å²) in [6.07, 6.45) is 0.717. The van der Waals surface area contributed by atoms with E-state index in [0.29, 0.717) is 12.3 Å². The van der Waals surface area contributed by atoms with Gasteiger partial charge in [-0.3, -0.25) is 14.9 Å². The number of hydrogen-bond donors (Lipinski definition) is 2. The van der Waals surface area contributed by atoms with E-state index < -0.39 is 4.92 Å². The molecule has 20 heavy (non-hydrogen) atoms. The van der Waals surface area contributed by atoms with E-state index in [-0.39, 0.29) is 29.3 Å². The molecule has 0 saturated carbocycles. The largest absolute Gasteiger partial charge is 0.383 e. The van der Waals surface area contributed by atoms with Crippen LogP contribution in [0.1, 0.15) is 23.7 Å². The Hall–Kier alpha value is -2.15. The summed E-state index contributed by atoms with van der Waals surface area (Å²) in [6, 6.07) is 4.32. The Labute approximate surface area is 116 Å². The second-order valence-corrected chi connectivity index (χ2v) is 4.68. The van der Waals surface area contributed by atoms with Gasteiger partial charge in [0.1, 0.15) is 5.69 Å². The minimum Gasteiger partial charge on any atom is -0.383 e. The maximum Gasteiger partial charge on any atom is 0.293 e.